The molecule has 3 rings (SSSR count). The molecular weight excluding hydrogens is 529 g/mol. The molecule has 1 aliphatic rings. The maximum Gasteiger partial charge on any atom is 1.00 e. The summed E-state index contributed by atoms with van der Waals surface area (Å²) in [6.45, 7) is 7.46. The Morgan fingerprint density at radius 2 is 1.80 bits per heavy atom. The third-order valence-corrected chi connectivity index (χ3v) is 8.51. The van der Waals surface area contributed by atoms with E-state index in [1.165, 1.54) is 43.9 Å². The molecule has 220 valence electrons. The Labute approximate surface area is 262 Å². The van der Waals surface area contributed by atoms with Crippen LogP contribution in [0.25, 0.3) is 11.1 Å². The summed E-state index contributed by atoms with van der Waals surface area (Å²) in [5.74, 6) is -0.553. The zero-order valence-electron chi connectivity index (χ0n) is 25.6. The van der Waals surface area contributed by atoms with Crippen LogP contribution in [0.15, 0.2) is 42.5 Å². The van der Waals surface area contributed by atoms with E-state index < -0.39 is 17.9 Å². The van der Waals surface area contributed by atoms with Crippen LogP contribution in [0.4, 0.5) is 0 Å². The van der Waals surface area contributed by atoms with Crippen LogP contribution in [0, 0.1) is 12.8 Å². The SMILES string of the molecule is CCCCOC(C1CCCCC1)C(C)OCc1ccc(C(=O)N[C@@H](CCSC)C(=O)[O-])c(-c2ccccc2C)c1.[Li+]. The quantitative estimate of drug-likeness (QED) is 0.245. The molecule has 41 heavy (non-hydrogen) atoms. The molecule has 2 unspecified atom stereocenters. The number of aliphatic carboxylic acids is 1. The van der Waals surface area contributed by atoms with E-state index in [4.69, 9.17) is 9.47 Å². The first-order chi connectivity index (χ1) is 19.3. The minimum atomic E-state index is -1.27. The number of rotatable bonds is 16. The number of carboxylic acid groups (broad SMARTS) is 1. The van der Waals surface area contributed by atoms with Gasteiger partial charge in [0.1, 0.15) is 0 Å². The average Bonchev–Trinajstić information content (AvgIpc) is 2.96. The van der Waals surface area contributed by atoms with E-state index >= 15 is 0 Å². The molecule has 1 saturated carbocycles. The molecule has 3 atom stereocenters. The fraction of sp³-hybridized carbons (Fsp3) is 0.576. The molecule has 0 spiro atoms. The topological polar surface area (TPSA) is 87.7 Å². The van der Waals surface area contributed by atoms with Crippen molar-refractivity contribution in [1.82, 2.24) is 5.32 Å². The number of hydrogen-bond donors (Lipinski definition) is 1. The minimum Gasteiger partial charge on any atom is -0.548 e. The van der Waals surface area contributed by atoms with Gasteiger partial charge in [-0.3, -0.25) is 4.79 Å². The Morgan fingerprint density at radius 3 is 2.46 bits per heavy atom. The van der Waals surface area contributed by atoms with Crippen LogP contribution in [-0.4, -0.2) is 48.7 Å². The molecule has 0 saturated heterocycles. The molecule has 0 heterocycles. The second-order valence-corrected chi connectivity index (χ2v) is 11.9. The summed E-state index contributed by atoms with van der Waals surface area (Å²) in [4.78, 5) is 25.0. The van der Waals surface area contributed by atoms with Crippen LogP contribution in [0.5, 0.6) is 0 Å². The van der Waals surface area contributed by atoms with Gasteiger partial charge in [-0.1, -0.05) is 62.9 Å². The molecule has 2 aromatic rings. The van der Waals surface area contributed by atoms with Gasteiger partial charge in [-0.05, 0) is 91.8 Å². The van der Waals surface area contributed by atoms with Gasteiger partial charge in [0.05, 0.1) is 30.8 Å². The number of ether oxygens (including phenoxy) is 2. The van der Waals surface area contributed by atoms with Crippen molar-refractivity contribution in [1.29, 1.82) is 0 Å². The van der Waals surface area contributed by atoms with Crippen molar-refractivity contribution in [2.45, 2.75) is 97.0 Å². The molecule has 2 aromatic carbocycles. The maximum atomic E-state index is 13.3. The van der Waals surface area contributed by atoms with Gasteiger partial charge in [-0.15, -0.1) is 0 Å². The first-order valence-electron chi connectivity index (χ1n) is 14.8. The number of nitrogens with one attached hydrogen (secondary N) is 1. The van der Waals surface area contributed by atoms with E-state index in [0.29, 0.717) is 30.3 Å². The van der Waals surface area contributed by atoms with Crippen molar-refractivity contribution < 1.29 is 43.0 Å². The predicted molar refractivity (Wildman–Crippen MR) is 161 cm³/mol. The summed E-state index contributed by atoms with van der Waals surface area (Å²) < 4.78 is 12.8. The second-order valence-electron chi connectivity index (χ2n) is 10.9. The standard InChI is InChI=1S/C33H47NO5S.Li/c1-5-6-19-38-31(26-13-8-7-9-14-26)24(3)39-22-25-16-17-28(29(21-25)27-15-11-10-12-23(27)2)32(35)34-30(33(36)37)18-20-40-4;/h10-12,15-17,21,24,26,30-31H,5-9,13-14,18-20,22H2,1-4H3,(H,34,35)(H,36,37);/q;+1/p-1/t24?,30-,31?;/m0./s1. The zero-order chi connectivity index (χ0) is 28.9. The summed E-state index contributed by atoms with van der Waals surface area (Å²) in [5, 5.41) is 14.4. The third-order valence-electron chi connectivity index (χ3n) is 7.86. The molecule has 1 amide bonds. The van der Waals surface area contributed by atoms with Crippen molar-refractivity contribution in [3.63, 3.8) is 0 Å². The first-order valence-corrected chi connectivity index (χ1v) is 16.2. The summed E-state index contributed by atoms with van der Waals surface area (Å²) in [6.07, 6.45) is 10.6. The van der Waals surface area contributed by atoms with Crippen LogP contribution in [0.3, 0.4) is 0 Å². The average molecular weight is 576 g/mol. The van der Waals surface area contributed by atoms with E-state index in [1.807, 2.05) is 49.6 Å². The molecular formula is C33H46LiNO5S. The zero-order valence-corrected chi connectivity index (χ0v) is 26.4. The Morgan fingerprint density at radius 1 is 1.07 bits per heavy atom. The van der Waals surface area contributed by atoms with Crippen molar-refractivity contribution in [3.05, 3.63) is 59.2 Å². The maximum absolute atomic E-state index is 13.3. The van der Waals surface area contributed by atoms with Crippen molar-refractivity contribution >= 4 is 23.6 Å². The number of amides is 1. The molecule has 1 N–H and O–H groups in total. The number of unbranched alkanes of at least 4 members (excludes halogenated alkanes) is 1. The van der Waals surface area contributed by atoms with E-state index in [0.717, 1.165) is 41.7 Å². The fourth-order valence-corrected chi connectivity index (χ4v) is 5.97. The Kier molecular flexibility index (Phi) is 16.2. The molecule has 1 fully saturated rings. The summed E-state index contributed by atoms with van der Waals surface area (Å²) in [5.41, 5.74) is 4.11. The van der Waals surface area contributed by atoms with Gasteiger partial charge in [0.2, 0.25) is 0 Å². The molecule has 1 aliphatic carbocycles. The summed E-state index contributed by atoms with van der Waals surface area (Å²) >= 11 is 1.53. The number of benzene rings is 2. The smallest absolute Gasteiger partial charge is 0.548 e. The fourth-order valence-electron chi connectivity index (χ4n) is 5.50. The Hall–Kier alpha value is -1.75. The van der Waals surface area contributed by atoms with E-state index in [-0.39, 0.29) is 31.1 Å². The number of hydrogen-bond acceptors (Lipinski definition) is 6. The Balaban J connectivity index is 0.00000588. The molecule has 6 nitrogen and oxygen atoms in total. The normalized spacial score (nSPS) is 15.9. The Bertz CT molecular complexity index is 1090. The van der Waals surface area contributed by atoms with Crippen LogP contribution in [0.2, 0.25) is 0 Å². The largest absolute Gasteiger partial charge is 1.00 e. The van der Waals surface area contributed by atoms with Gasteiger partial charge in [0, 0.05) is 12.2 Å². The van der Waals surface area contributed by atoms with E-state index in [2.05, 4.69) is 19.2 Å². The van der Waals surface area contributed by atoms with Crippen molar-refractivity contribution in [3.8, 4) is 11.1 Å². The van der Waals surface area contributed by atoms with Crippen molar-refractivity contribution in [2.75, 3.05) is 18.6 Å². The molecule has 0 aliphatic heterocycles. The van der Waals surface area contributed by atoms with Crippen LogP contribution in [0.1, 0.15) is 86.7 Å². The van der Waals surface area contributed by atoms with Gasteiger partial charge in [0.15, 0.2) is 0 Å². The number of aryl methyl sites for hydroxylation is 1. The molecule has 0 bridgehead atoms. The number of carbonyl (C=O) groups excluding carboxylic acids is 2. The number of thioether (sulfide) groups is 1. The molecule has 0 aromatic heterocycles. The van der Waals surface area contributed by atoms with E-state index in [9.17, 15) is 14.7 Å². The molecule has 0 radical (unpaired) electrons. The van der Waals surface area contributed by atoms with Gasteiger partial charge < -0.3 is 24.7 Å². The van der Waals surface area contributed by atoms with Gasteiger partial charge in [0.25, 0.3) is 5.91 Å². The number of carboxylic acids is 1. The van der Waals surface area contributed by atoms with Crippen LogP contribution in [-0.2, 0) is 20.9 Å². The summed E-state index contributed by atoms with van der Waals surface area (Å²) in [6, 6.07) is 12.5. The van der Waals surface area contributed by atoms with Crippen molar-refractivity contribution in [2.24, 2.45) is 5.92 Å². The predicted octanol–water partition coefficient (Wildman–Crippen LogP) is 2.94. The van der Waals surface area contributed by atoms with Gasteiger partial charge in [-0.25, -0.2) is 0 Å². The van der Waals surface area contributed by atoms with E-state index in [1.54, 1.807) is 6.07 Å². The van der Waals surface area contributed by atoms with Gasteiger partial charge >= 0.3 is 18.9 Å². The molecule has 8 heteroatoms. The second kappa shape index (κ2) is 18.7. The minimum absolute atomic E-state index is 0. The third kappa shape index (κ3) is 10.8. The first kappa shape index (κ1) is 35.4. The van der Waals surface area contributed by atoms with Gasteiger partial charge in [-0.2, -0.15) is 11.8 Å². The van der Waals surface area contributed by atoms with Crippen LogP contribution >= 0.6 is 11.8 Å². The number of carbonyl (C=O) groups is 2. The summed E-state index contributed by atoms with van der Waals surface area (Å²) in [7, 11) is 0. The van der Waals surface area contributed by atoms with Crippen LogP contribution < -0.4 is 29.3 Å². The monoisotopic (exact) mass is 575 g/mol.